The van der Waals surface area contributed by atoms with Crippen molar-refractivity contribution in [1.82, 2.24) is 10.2 Å². The molecular weight excluding hydrogens is 244 g/mol. The van der Waals surface area contributed by atoms with Crippen molar-refractivity contribution in [2.45, 2.75) is 25.8 Å². The van der Waals surface area contributed by atoms with Gasteiger partial charge in [0.25, 0.3) is 0 Å². The minimum Gasteiger partial charge on any atom is -0.311 e. The maximum Gasteiger partial charge on any atom is 0.0212 e. The molecule has 0 radical (unpaired) electrons. The maximum absolute atomic E-state index is 3.60. The molecule has 106 valence electrons. The zero-order valence-corrected chi connectivity index (χ0v) is 12.1. The largest absolute Gasteiger partial charge is 0.311 e. The Balaban J connectivity index is 1.52. The van der Waals surface area contributed by atoms with Gasteiger partial charge in [-0.2, -0.15) is 0 Å². The van der Waals surface area contributed by atoms with Crippen LogP contribution in [0.1, 0.15) is 24.8 Å². The van der Waals surface area contributed by atoms with Gasteiger partial charge in [-0.05, 0) is 42.3 Å². The van der Waals surface area contributed by atoms with E-state index in [0.717, 1.165) is 13.1 Å². The van der Waals surface area contributed by atoms with Crippen molar-refractivity contribution in [3.05, 3.63) is 48.0 Å². The molecule has 0 atom stereocenters. The monoisotopic (exact) mass is 268 g/mol. The molecule has 2 aromatic rings. The van der Waals surface area contributed by atoms with Crippen molar-refractivity contribution in [2.24, 2.45) is 0 Å². The van der Waals surface area contributed by atoms with Crippen molar-refractivity contribution < 1.29 is 0 Å². The van der Waals surface area contributed by atoms with E-state index >= 15 is 0 Å². The molecule has 1 aliphatic rings. The third kappa shape index (κ3) is 3.38. The molecule has 0 amide bonds. The molecule has 1 heterocycles. The van der Waals surface area contributed by atoms with Crippen LogP contribution in [0.4, 0.5) is 0 Å². The topological polar surface area (TPSA) is 15.3 Å². The van der Waals surface area contributed by atoms with Gasteiger partial charge in [-0.3, -0.25) is 0 Å². The molecule has 0 bridgehead atoms. The normalized spacial score (nSPS) is 16.6. The summed E-state index contributed by atoms with van der Waals surface area (Å²) in [5, 5.41) is 6.31. The van der Waals surface area contributed by atoms with Crippen LogP contribution in [0, 0.1) is 0 Å². The van der Waals surface area contributed by atoms with Gasteiger partial charge in [-0.15, -0.1) is 0 Å². The lowest BCUT2D eigenvalue weighted by molar-refractivity contribution is 0.229. The van der Waals surface area contributed by atoms with Crippen LogP contribution in [-0.4, -0.2) is 31.1 Å². The number of nitrogens with one attached hydrogen (secondary N) is 1. The van der Waals surface area contributed by atoms with Crippen molar-refractivity contribution in [3.63, 3.8) is 0 Å². The van der Waals surface area contributed by atoms with Crippen LogP contribution >= 0.6 is 0 Å². The third-order valence-electron chi connectivity index (χ3n) is 4.25. The van der Waals surface area contributed by atoms with Gasteiger partial charge >= 0.3 is 0 Å². The smallest absolute Gasteiger partial charge is 0.0212 e. The number of piperidine rings is 1. The predicted molar refractivity (Wildman–Crippen MR) is 85.9 cm³/mol. The van der Waals surface area contributed by atoms with Crippen LogP contribution in [0.2, 0.25) is 0 Å². The Kier molecular flexibility index (Phi) is 4.67. The molecule has 0 aliphatic carbocycles. The first-order valence-electron chi connectivity index (χ1n) is 7.83. The van der Waals surface area contributed by atoms with Crippen molar-refractivity contribution in [2.75, 3.05) is 26.2 Å². The van der Waals surface area contributed by atoms with Gasteiger partial charge in [0.15, 0.2) is 0 Å². The lowest BCUT2D eigenvalue weighted by atomic mass is 10.0. The van der Waals surface area contributed by atoms with Gasteiger partial charge in [0.1, 0.15) is 0 Å². The fourth-order valence-electron chi connectivity index (χ4n) is 3.09. The standard InChI is InChI=1S/C18H24N2/c1-4-12-20(13-5-1)14-11-19-15-17-9-6-8-16-7-2-3-10-18(16)17/h2-3,6-10,19H,1,4-5,11-15H2. The van der Waals surface area contributed by atoms with Crippen molar-refractivity contribution in [1.29, 1.82) is 0 Å². The Morgan fingerprint density at radius 3 is 2.60 bits per heavy atom. The average molecular weight is 268 g/mol. The molecule has 1 saturated heterocycles. The quantitative estimate of drug-likeness (QED) is 0.836. The average Bonchev–Trinajstić information content (AvgIpc) is 2.53. The highest BCUT2D eigenvalue weighted by molar-refractivity contribution is 5.85. The second kappa shape index (κ2) is 6.87. The van der Waals surface area contributed by atoms with E-state index < -0.39 is 0 Å². The zero-order chi connectivity index (χ0) is 13.6. The highest BCUT2D eigenvalue weighted by Gasteiger charge is 2.08. The molecule has 2 aromatic carbocycles. The fraction of sp³-hybridized carbons (Fsp3) is 0.444. The zero-order valence-electron chi connectivity index (χ0n) is 12.1. The summed E-state index contributed by atoms with van der Waals surface area (Å²) in [6.07, 6.45) is 4.17. The summed E-state index contributed by atoms with van der Waals surface area (Å²) < 4.78 is 0. The first-order chi connectivity index (χ1) is 9.93. The van der Waals surface area contributed by atoms with Crippen LogP contribution in [-0.2, 0) is 6.54 Å². The van der Waals surface area contributed by atoms with E-state index in [4.69, 9.17) is 0 Å². The minimum absolute atomic E-state index is 0.967. The number of nitrogens with zero attached hydrogens (tertiary/aromatic N) is 1. The SMILES string of the molecule is c1ccc2c(CNCCN3CCCCC3)cccc2c1. The Labute approximate surface area is 121 Å². The molecule has 2 heteroatoms. The van der Waals surface area contributed by atoms with Gasteiger partial charge in [0.2, 0.25) is 0 Å². The number of rotatable bonds is 5. The highest BCUT2D eigenvalue weighted by Crippen LogP contribution is 2.18. The summed E-state index contributed by atoms with van der Waals surface area (Å²) in [5.74, 6) is 0. The van der Waals surface area contributed by atoms with Gasteiger partial charge in [0.05, 0.1) is 0 Å². The van der Waals surface area contributed by atoms with E-state index in [0.29, 0.717) is 0 Å². The summed E-state index contributed by atoms with van der Waals surface area (Å²) in [6.45, 7) is 5.81. The highest BCUT2D eigenvalue weighted by atomic mass is 15.1. The van der Waals surface area contributed by atoms with E-state index in [9.17, 15) is 0 Å². The van der Waals surface area contributed by atoms with E-state index in [1.807, 2.05) is 0 Å². The van der Waals surface area contributed by atoms with Crippen LogP contribution in [0.3, 0.4) is 0 Å². The Bertz CT molecular complexity index is 539. The molecule has 0 unspecified atom stereocenters. The first-order valence-corrected chi connectivity index (χ1v) is 7.83. The number of benzene rings is 2. The van der Waals surface area contributed by atoms with E-state index in [2.05, 4.69) is 52.7 Å². The van der Waals surface area contributed by atoms with Crippen LogP contribution in [0.15, 0.2) is 42.5 Å². The minimum atomic E-state index is 0.967. The van der Waals surface area contributed by atoms with Gasteiger partial charge < -0.3 is 10.2 Å². The van der Waals surface area contributed by atoms with E-state index in [1.165, 1.54) is 55.2 Å². The second-order valence-corrected chi connectivity index (χ2v) is 5.72. The molecule has 3 rings (SSSR count). The fourth-order valence-corrected chi connectivity index (χ4v) is 3.09. The van der Waals surface area contributed by atoms with Crippen molar-refractivity contribution in [3.8, 4) is 0 Å². The molecule has 1 N–H and O–H groups in total. The van der Waals surface area contributed by atoms with Gasteiger partial charge in [0, 0.05) is 19.6 Å². The molecule has 1 fully saturated rings. The van der Waals surface area contributed by atoms with Crippen LogP contribution in [0.5, 0.6) is 0 Å². The summed E-state index contributed by atoms with van der Waals surface area (Å²) in [5.41, 5.74) is 1.40. The summed E-state index contributed by atoms with van der Waals surface area (Å²) >= 11 is 0. The number of likely N-dealkylation sites (tertiary alicyclic amines) is 1. The number of hydrogen-bond acceptors (Lipinski definition) is 2. The summed E-state index contributed by atoms with van der Waals surface area (Å²) in [7, 11) is 0. The molecule has 0 spiro atoms. The number of hydrogen-bond donors (Lipinski definition) is 1. The van der Waals surface area contributed by atoms with Crippen LogP contribution < -0.4 is 5.32 Å². The summed E-state index contributed by atoms with van der Waals surface area (Å²) in [4.78, 5) is 2.58. The lowest BCUT2D eigenvalue weighted by Crippen LogP contribution is -2.35. The van der Waals surface area contributed by atoms with Gasteiger partial charge in [-0.1, -0.05) is 48.9 Å². The first kappa shape index (κ1) is 13.6. The molecule has 2 nitrogen and oxygen atoms in total. The molecule has 1 aliphatic heterocycles. The van der Waals surface area contributed by atoms with Gasteiger partial charge in [-0.25, -0.2) is 0 Å². The Morgan fingerprint density at radius 2 is 1.70 bits per heavy atom. The number of fused-ring (bicyclic) bond motifs is 1. The molecule has 0 saturated carbocycles. The maximum atomic E-state index is 3.60. The Hall–Kier alpha value is -1.38. The molecule has 20 heavy (non-hydrogen) atoms. The van der Waals surface area contributed by atoms with Crippen LogP contribution in [0.25, 0.3) is 10.8 Å². The third-order valence-corrected chi connectivity index (χ3v) is 4.25. The predicted octanol–water partition coefficient (Wildman–Crippen LogP) is 3.42. The lowest BCUT2D eigenvalue weighted by Gasteiger charge is -2.26. The van der Waals surface area contributed by atoms with E-state index in [-0.39, 0.29) is 0 Å². The summed E-state index contributed by atoms with van der Waals surface area (Å²) in [6, 6.07) is 15.2. The van der Waals surface area contributed by atoms with Crippen molar-refractivity contribution >= 4 is 10.8 Å². The molecular formula is C18H24N2. The van der Waals surface area contributed by atoms with E-state index in [1.54, 1.807) is 0 Å². The second-order valence-electron chi connectivity index (χ2n) is 5.72. The Morgan fingerprint density at radius 1 is 0.900 bits per heavy atom. The molecule has 0 aromatic heterocycles.